The first-order valence-electron chi connectivity index (χ1n) is 25.3. The summed E-state index contributed by atoms with van der Waals surface area (Å²) in [5.74, 6) is 0.566. The van der Waals surface area contributed by atoms with Crippen molar-refractivity contribution in [3.8, 4) is 49.7 Å². The maximum atomic E-state index is 11.7. The zero-order chi connectivity index (χ0) is 53.4. The van der Waals surface area contributed by atoms with E-state index in [2.05, 4.69) is 141 Å². The summed E-state index contributed by atoms with van der Waals surface area (Å²) in [6.07, 6.45) is 0. The summed E-state index contributed by atoms with van der Waals surface area (Å²) < 4.78 is 17.8. The van der Waals surface area contributed by atoms with Gasteiger partial charge in [-0.3, -0.25) is 4.79 Å². The molecule has 8 aromatic carbocycles. The molecule has 4 heterocycles. The second-order valence-corrected chi connectivity index (χ2v) is 23.6. The lowest BCUT2D eigenvalue weighted by Gasteiger charge is -2.21. The number of carboxylic acids is 1. The smallest absolute Gasteiger partial charge is 0.336 e. The number of oxazole rings is 2. The Labute approximate surface area is 443 Å². The lowest BCUT2D eigenvalue weighted by atomic mass is 9.83. The Kier molecular flexibility index (Phi) is 12.2. The number of rotatable bonds is 4. The first-order valence-corrected chi connectivity index (χ1v) is 26.1. The molecule has 76 heavy (non-hydrogen) atoms. The molecule has 0 amide bonds. The van der Waals surface area contributed by atoms with Gasteiger partial charge in [-0.15, -0.1) is 11.3 Å². The second-order valence-electron chi connectivity index (χ2n) is 22.5. The van der Waals surface area contributed by atoms with Crippen molar-refractivity contribution in [1.29, 1.82) is 0 Å². The summed E-state index contributed by atoms with van der Waals surface area (Å²) in [7, 11) is 0. The standard InChI is InChI=1S/C26H26N2O2S.C20H12O5.C20H18/c1-25(2,3)15-7-9-19-17(13-15)27-23(29-19)21-11-12-22(31-21)24-28-18-14-16(26(4,5)6)8-10-20(18)30-24;21-11-5-7-15-17(9-11)25-18-10-12(22)6-8-16(18)19(15)13-3-1-2-4-14(13)20(23)24;1-20(2,3)17-11-15-9-7-13-5-4-6-14-8-10-16(12-17)19(15)18(13)14/h7-14H,1-6H3;1-10,21H,(H,23,24);4-12H,1-3H3. The van der Waals surface area contributed by atoms with Crippen LogP contribution in [0, 0.1) is 0 Å². The summed E-state index contributed by atoms with van der Waals surface area (Å²) >= 11 is 1.58. The normalized spacial score (nSPS) is 12.2. The third-order valence-electron chi connectivity index (χ3n) is 14.0. The van der Waals surface area contributed by atoms with Crippen molar-refractivity contribution >= 4 is 82.8 Å². The number of aromatic carboxylic acids is 1. The third-order valence-corrected chi connectivity index (χ3v) is 15.0. The predicted octanol–water partition coefficient (Wildman–Crippen LogP) is 17.8. The van der Waals surface area contributed by atoms with Crippen LogP contribution in [0.25, 0.3) is 109 Å². The Morgan fingerprint density at radius 3 is 1.58 bits per heavy atom. The first kappa shape index (κ1) is 49.6. The van der Waals surface area contributed by atoms with E-state index in [1.54, 1.807) is 41.7 Å². The molecule has 10 heteroatoms. The van der Waals surface area contributed by atoms with Crippen LogP contribution in [0.2, 0.25) is 0 Å². The molecule has 0 unspecified atom stereocenters. The Hall–Kier alpha value is -8.60. The first-order chi connectivity index (χ1) is 36.2. The summed E-state index contributed by atoms with van der Waals surface area (Å²) in [4.78, 5) is 34.8. The number of aromatic nitrogens is 2. The molecule has 0 fully saturated rings. The Bertz CT molecular complexity index is 4210. The number of hydrogen-bond donors (Lipinski definition) is 2. The van der Waals surface area contributed by atoms with Gasteiger partial charge < -0.3 is 23.5 Å². The van der Waals surface area contributed by atoms with Gasteiger partial charge >= 0.3 is 5.97 Å². The average molecular weight is 1020 g/mol. The van der Waals surface area contributed by atoms with Gasteiger partial charge in [0.25, 0.3) is 0 Å². The van der Waals surface area contributed by atoms with Gasteiger partial charge in [-0.1, -0.05) is 147 Å². The lowest BCUT2D eigenvalue weighted by molar-refractivity contribution is 0.0697. The average Bonchev–Trinajstić information content (AvgIpc) is 4.16. The maximum absolute atomic E-state index is 11.7. The topological polar surface area (TPSA) is 140 Å². The molecule has 0 saturated carbocycles. The van der Waals surface area contributed by atoms with E-state index in [-0.39, 0.29) is 33.0 Å². The number of aromatic hydroxyl groups is 1. The van der Waals surface area contributed by atoms with Gasteiger partial charge in [0.15, 0.2) is 16.6 Å². The van der Waals surface area contributed by atoms with Gasteiger partial charge in [-0.05, 0) is 138 Å². The van der Waals surface area contributed by atoms with Crippen molar-refractivity contribution in [1.82, 2.24) is 9.97 Å². The Morgan fingerprint density at radius 1 is 0.487 bits per heavy atom. The van der Waals surface area contributed by atoms with Gasteiger partial charge in [0.05, 0.1) is 15.3 Å². The molecule has 2 N–H and O–H groups in total. The fraction of sp³-hybridized carbons (Fsp3) is 0.182. The van der Waals surface area contributed by atoms with Crippen LogP contribution in [0.3, 0.4) is 0 Å². The highest BCUT2D eigenvalue weighted by molar-refractivity contribution is 7.18. The quantitative estimate of drug-likeness (QED) is 0.130. The maximum Gasteiger partial charge on any atom is 0.336 e. The van der Waals surface area contributed by atoms with Crippen molar-refractivity contribution < 1.29 is 28.3 Å². The van der Waals surface area contributed by atoms with Gasteiger partial charge in [0, 0.05) is 28.6 Å². The molecule has 11 aromatic rings. The highest BCUT2D eigenvalue weighted by atomic mass is 32.1. The number of carboxylic acid groups (broad SMARTS) is 1. The molecule has 0 spiro atoms. The largest absolute Gasteiger partial charge is 0.508 e. The van der Waals surface area contributed by atoms with Gasteiger partial charge in [0.1, 0.15) is 28.1 Å². The summed E-state index contributed by atoms with van der Waals surface area (Å²) in [6.45, 7) is 20.0. The molecule has 0 saturated heterocycles. The number of phenols is 1. The van der Waals surface area contributed by atoms with Crippen molar-refractivity contribution in [3.63, 3.8) is 0 Å². The monoisotopic (exact) mass is 1020 g/mol. The number of hydrogen-bond acceptors (Lipinski definition) is 9. The summed E-state index contributed by atoms with van der Waals surface area (Å²) in [6, 6.07) is 52.5. The molecule has 13 rings (SSSR count). The number of nitrogens with zero attached hydrogens (tertiary/aromatic N) is 2. The van der Waals surface area contributed by atoms with Crippen LogP contribution >= 0.6 is 11.3 Å². The number of phenolic OH excluding ortho intramolecular Hbond substituents is 1. The predicted molar refractivity (Wildman–Crippen MR) is 310 cm³/mol. The Morgan fingerprint density at radius 2 is 1.03 bits per heavy atom. The molecule has 0 bridgehead atoms. The van der Waals surface area contributed by atoms with E-state index in [0.29, 0.717) is 45.2 Å². The molecule has 1 aliphatic carbocycles. The van der Waals surface area contributed by atoms with E-state index >= 15 is 0 Å². The van der Waals surface area contributed by atoms with Crippen LogP contribution < -0.4 is 5.43 Å². The van der Waals surface area contributed by atoms with Gasteiger partial charge in [-0.25, -0.2) is 14.8 Å². The van der Waals surface area contributed by atoms with Crippen LogP contribution in [0.5, 0.6) is 5.75 Å². The van der Waals surface area contributed by atoms with E-state index in [1.807, 2.05) is 24.3 Å². The van der Waals surface area contributed by atoms with Crippen LogP contribution in [0.15, 0.2) is 182 Å². The molecular weight excluding hydrogens is 965 g/mol. The minimum Gasteiger partial charge on any atom is -0.508 e. The molecule has 378 valence electrons. The molecule has 3 aromatic heterocycles. The fourth-order valence-corrected chi connectivity index (χ4v) is 10.6. The van der Waals surface area contributed by atoms with Crippen molar-refractivity contribution in [3.05, 3.63) is 196 Å². The SMILES string of the molecule is CC(C)(C)c1cc2ccc3cccc4ccc(c1)c2c34.CC(C)(C)c1ccc2oc(-c3ccc(-c4nc5cc(C(C)(C)C)ccc5o4)s3)nc2c1.O=C(O)c1ccccc1-c1c2ccc(=O)cc-2oc2cc(O)ccc12. The van der Waals surface area contributed by atoms with E-state index in [0.717, 1.165) is 32.0 Å². The highest BCUT2D eigenvalue weighted by Gasteiger charge is 2.23. The zero-order valence-electron chi connectivity index (χ0n) is 43.8. The number of benzene rings is 9. The minimum absolute atomic E-state index is 0.0198. The van der Waals surface area contributed by atoms with E-state index in [1.165, 1.54) is 79.3 Å². The third kappa shape index (κ3) is 9.45. The van der Waals surface area contributed by atoms with E-state index in [9.17, 15) is 19.8 Å². The van der Waals surface area contributed by atoms with Crippen molar-refractivity contribution in [2.45, 2.75) is 78.6 Å². The minimum atomic E-state index is -1.04. The Balaban J connectivity index is 0.000000125. The van der Waals surface area contributed by atoms with Crippen LogP contribution in [0.1, 0.15) is 89.4 Å². The van der Waals surface area contributed by atoms with Gasteiger partial charge in [-0.2, -0.15) is 0 Å². The second kappa shape index (κ2) is 18.7. The van der Waals surface area contributed by atoms with E-state index < -0.39 is 5.97 Å². The van der Waals surface area contributed by atoms with Gasteiger partial charge in [0.2, 0.25) is 11.8 Å². The van der Waals surface area contributed by atoms with Crippen LogP contribution in [-0.2, 0) is 16.2 Å². The lowest BCUT2D eigenvalue weighted by Crippen LogP contribution is -2.10. The highest BCUT2D eigenvalue weighted by Crippen LogP contribution is 2.43. The molecule has 0 radical (unpaired) electrons. The molecule has 9 nitrogen and oxygen atoms in total. The zero-order valence-corrected chi connectivity index (χ0v) is 44.6. The van der Waals surface area contributed by atoms with Crippen LogP contribution in [0.4, 0.5) is 0 Å². The molecule has 0 atom stereocenters. The molecular formula is C66H56N2O7S. The van der Waals surface area contributed by atoms with Crippen LogP contribution in [-0.4, -0.2) is 26.2 Å². The number of thiophene rings is 1. The van der Waals surface area contributed by atoms with Crippen molar-refractivity contribution in [2.24, 2.45) is 0 Å². The molecule has 2 aliphatic rings. The van der Waals surface area contributed by atoms with E-state index in [4.69, 9.17) is 23.2 Å². The fourth-order valence-electron chi connectivity index (χ4n) is 9.79. The summed E-state index contributed by atoms with van der Waals surface area (Å²) in [5, 5.41) is 28.1. The molecule has 1 aliphatic heterocycles. The summed E-state index contributed by atoms with van der Waals surface area (Å²) in [5.41, 5.74) is 9.69. The number of fused-ring (bicyclic) bond motifs is 4. The van der Waals surface area contributed by atoms with Crippen molar-refractivity contribution in [2.75, 3.05) is 0 Å². The number of carbonyl (C=O) groups is 1.